The van der Waals surface area contributed by atoms with Crippen molar-refractivity contribution in [1.82, 2.24) is 24.5 Å². The minimum atomic E-state index is -0.474. The molecule has 2 N–H and O–H groups in total. The number of ether oxygens (including phenoxy) is 2. The zero-order valence-corrected chi connectivity index (χ0v) is 20.9. The lowest BCUT2D eigenvalue weighted by Crippen LogP contribution is -2.22. The number of nitrogen functional groups attached to an aromatic ring is 1. The minimum Gasteiger partial charge on any atom is -0.482 e. The third-order valence-corrected chi connectivity index (χ3v) is 7.98. The average Bonchev–Trinajstić information content (AvgIpc) is 3.58. The summed E-state index contributed by atoms with van der Waals surface area (Å²) in [5.41, 5.74) is 14.2. The van der Waals surface area contributed by atoms with Gasteiger partial charge < -0.3 is 15.2 Å². The summed E-state index contributed by atoms with van der Waals surface area (Å²) in [5.74, 6) is 0.568. The van der Waals surface area contributed by atoms with E-state index in [1.165, 1.54) is 17.7 Å². The number of nitrogens with zero attached hydrogens (tertiary/aromatic N) is 5. The van der Waals surface area contributed by atoms with Gasteiger partial charge in [-0.05, 0) is 56.9 Å². The fourth-order valence-electron chi connectivity index (χ4n) is 6.25. The van der Waals surface area contributed by atoms with E-state index in [9.17, 15) is 4.39 Å². The molecule has 0 amide bonds. The molecule has 0 radical (unpaired) electrons. The van der Waals surface area contributed by atoms with Crippen LogP contribution in [0.5, 0.6) is 5.75 Å². The second kappa shape index (κ2) is 8.41. The third-order valence-electron chi connectivity index (χ3n) is 7.98. The van der Waals surface area contributed by atoms with Crippen LogP contribution in [0.15, 0.2) is 36.7 Å². The maximum Gasteiger partial charge on any atom is 0.166 e. The summed E-state index contributed by atoms with van der Waals surface area (Å²) in [6.45, 7) is 3.36. The van der Waals surface area contributed by atoms with E-state index in [0.717, 1.165) is 78.2 Å². The van der Waals surface area contributed by atoms with Crippen LogP contribution in [0.25, 0.3) is 22.5 Å². The van der Waals surface area contributed by atoms with Gasteiger partial charge in [0.05, 0.1) is 23.1 Å². The first-order valence-corrected chi connectivity index (χ1v) is 12.9. The van der Waals surface area contributed by atoms with Gasteiger partial charge in [-0.1, -0.05) is 0 Å². The molecular weight excluding hydrogens is 471 g/mol. The predicted molar refractivity (Wildman–Crippen MR) is 137 cm³/mol. The normalized spacial score (nSPS) is 20.8. The Labute approximate surface area is 214 Å². The van der Waals surface area contributed by atoms with E-state index in [0.29, 0.717) is 11.6 Å². The fourth-order valence-corrected chi connectivity index (χ4v) is 6.25. The van der Waals surface area contributed by atoms with Crippen molar-refractivity contribution in [2.75, 3.05) is 18.9 Å². The Bertz CT molecular complexity index is 1520. The zero-order chi connectivity index (χ0) is 25.3. The van der Waals surface area contributed by atoms with Gasteiger partial charge in [0.1, 0.15) is 11.9 Å². The summed E-state index contributed by atoms with van der Waals surface area (Å²) in [4.78, 5) is 4.52. The van der Waals surface area contributed by atoms with Crippen molar-refractivity contribution >= 4 is 5.82 Å². The number of aryl methyl sites for hydroxylation is 2. The van der Waals surface area contributed by atoms with Gasteiger partial charge in [-0.15, -0.1) is 0 Å². The predicted octanol–water partition coefficient (Wildman–Crippen LogP) is 4.95. The number of rotatable bonds is 1. The average molecular weight is 501 g/mol. The van der Waals surface area contributed by atoms with Gasteiger partial charge in [0, 0.05) is 66.4 Å². The number of pyridine rings is 1. The highest BCUT2D eigenvalue weighted by atomic mass is 19.1. The summed E-state index contributed by atoms with van der Waals surface area (Å²) in [5, 5.41) is 10.1. The summed E-state index contributed by atoms with van der Waals surface area (Å²) in [6, 6.07) is 7.04. The molecule has 3 aromatic heterocycles. The van der Waals surface area contributed by atoms with Crippen LogP contribution in [0.4, 0.5) is 10.2 Å². The van der Waals surface area contributed by atoms with Gasteiger partial charge >= 0.3 is 0 Å². The summed E-state index contributed by atoms with van der Waals surface area (Å²) in [7, 11) is 1.93. The lowest BCUT2D eigenvalue weighted by atomic mass is 9.87. The molecule has 1 unspecified atom stereocenters. The molecular formula is C28H29FN6O2. The maximum absolute atomic E-state index is 14.5. The van der Waals surface area contributed by atoms with Gasteiger partial charge in [0.25, 0.3) is 0 Å². The molecule has 9 heteroatoms. The first kappa shape index (κ1) is 22.5. The highest BCUT2D eigenvalue weighted by Crippen LogP contribution is 2.49. The quantitative estimate of drug-likeness (QED) is 0.398. The molecule has 1 saturated heterocycles. The summed E-state index contributed by atoms with van der Waals surface area (Å²) in [6.07, 6.45) is 7.10. The molecule has 2 aliphatic heterocycles. The van der Waals surface area contributed by atoms with Crippen LogP contribution in [0.2, 0.25) is 0 Å². The molecule has 1 aromatic carbocycles. The standard InChI is InChI=1S/C28H29FN6O2/c1-15-21-12-17(29)3-4-20(21)26-22(14-34(2)33-26)19-5-6-23-25(19)27(16-11-24(37-15)28(30)31-13-16)35(32-23)18-7-9-36-10-8-18/h3-4,11-15,18-19H,5-10H2,1-2H3,(H2,30,31)/t15-,19?/m1/s1. The van der Waals surface area contributed by atoms with Crippen LogP contribution in [-0.4, -0.2) is 37.8 Å². The van der Waals surface area contributed by atoms with Gasteiger partial charge in [-0.2, -0.15) is 10.2 Å². The number of benzene rings is 1. The van der Waals surface area contributed by atoms with Gasteiger partial charge in [0.15, 0.2) is 11.6 Å². The van der Waals surface area contributed by atoms with Gasteiger partial charge in [-0.3, -0.25) is 9.36 Å². The van der Waals surface area contributed by atoms with E-state index in [1.807, 2.05) is 37.0 Å². The van der Waals surface area contributed by atoms with Crippen LogP contribution in [0.3, 0.4) is 0 Å². The minimum absolute atomic E-state index is 0.108. The molecule has 8 nitrogen and oxygen atoms in total. The number of nitrogens with two attached hydrogens (primary N) is 1. The van der Waals surface area contributed by atoms with Crippen molar-refractivity contribution in [2.24, 2.45) is 7.05 Å². The van der Waals surface area contributed by atoms with E-state index >= 15 is 0 Å². The van der Waals surface area contributed by atoms with Crippen molar-refractivity contribution in [3.63, 3.8) is 0 Å². The van der Waals surface area contributed by atoms with E-state index < -0.39 is 6.10 Å². The van der Waals surface area contributed by atoms with Crippen molar-refractivity contribution < 1.29 is 13.9 Å². The zero-order valence-electron chi connectivity index (χ0n) is 20.9. The van der Waals surface area contributed by atoms with Crippen LogP contribution in [-0.2, 0) is 18.2 Å². The molecule has 2 atom stereocenters. The lowest BCUT2D eigenvalue weighted by Gasteiger charge is -2.26. The Kier molecular flexibility index (Phi) is 5.11. The molecule has 4 aromatic rings. The molecule has 1 fully saturated rings. The number of fused-ring (bicyclic) bond motifs is 7. The Balaban J connectivity index is 1.53. The molecule has 1 aliphatic carbocycles. The second-order valence-corrected chi connectivity index (χ2v) is 10.3. The first-order valence-electron chi connectivity index (χ1n) is 12.9. The monoisotopic (exact) mass is 500 g/mol. The smallest absolute Gasteiger partial charge is 0.166 e. The van der Waals surface area contributed by atoms with Crippen LogP contribution < -0.4 is 10.5 Å². The van der Waals surface area contributed by atoms with E-state index in [1.54, 1.807) is 0 Å². The molecule has 37 heavy (non-hydrogen) atoms. The number of hydrogen-bond acceptors (Lipinski definition) is 6. The van der Waals surface area contributed by atoms with Gasteiger partial charge in [0.2, 0.25) is 0 Å². The number of hydrogen-bond donors (Lipinski definition) is 1. The lowest BCUT2D eigenvalue weighted by molar-refractivity contribution is 0.0665. The van der Waals surface area contributed by atoms with Gasteiger partial charge in [-0.25, -0.2) is 9.37 Å². The third kappa shape index (κ3) is 3.55. The SMILES string of the molecule is C[C@H]1Oc2cc(cnc2N)-c2c3c(nn2C2CCOCC2)CCC3c2cn(C)nc2-c2ccc(F)cc21. The molecule has 190 valence electrons. The van der Waals surface area contributed by atoms with Crippen LogP contribution >= 0.6 is 0 Å². The van der Waals surface area contributed by atoms with E-state index in [2.05, 4.69) is 15.9 Å². The largest absolute Gasteiger partial charge is 0.482 e. The Morgan fingerprint density at radius 3 is 2.76 bits per heavy atom. The molecule has 5 heterocycles. The van der Waals surface area contributed by atoms with Crippen molar-refractivity contribution in [3.05, 3.63) is 64.9 Å². The van der Waals surface area contributed by atoms with Crippen LogP contribution in [0, 0.1) is 5.82 Å². The second-order valence-electron chi connectivity index (χ2n) is 10.3. The van der Waals surface area contributed by atoms with E-state index in [4.69, 9.17) is 25.4 Å². The maximum atomic E-state index is 14.5. The molecule has 2 bridgehead atoms. The van der Waals surface area contributed by atoms with Crippen molar-refractivity contribution in [2.45, 2.75) is 50.7 Å². The first-order chi connectivity index (χ1) is 18.0. The summed E-state index contributed by atoms with van der Waals surface area (Å²) < 4.78 is 30.6. The molecule has 7 rings (SSSR count). The molecule has 3 aliphatic rings. The summed E-state index contributed by atoms with van der Waals surface area (Å²) >= 11 is 0. The Hall–Kier alpha value is -3.72. The Morgan fingerprint density at radius 1 is 1.08 bits per heavy atom. The number of aromatic nitrogens is 5. The number of halogens is 1. The van der Waals surface area contributed by atoms with Crippen molar-refractivity contribution in [3.8, 4) is 28.3 Å². The van der Waals surface area contributed by atoms with Crippen LogP contribution in [0.1, 0.15) is 66.6 Å². The fraction of sp³-hybridized carbons (Fsp3) is 0.393. The number of anilines is 1. The highest BCUT2D eigenvalue weighted by Gasteiger charge is 2.37. The van der Waals surface area contributed by atoms with Crippen molar-refractivity contribution in [1.29, 1.82) is 0 Å². The molecule has 0 saturated carbocycles. The molecule has 0 spiro atoms. The highest BCUT2D eigenvalue weighted by molar-refractivity contribution is 5.74. The Morgan fingerprint density at radius 2 is 1.92 bits per heavy atom. The topological polar surface area (TPSA) is 93.0 Å². The van der Waals surface area contributed by atoms with E-state index in [-0.39, 0.29) is 17.8 Å².